The molecule has 0 heterocycles. The molecular weight excluding hydrogens is 332 g/mol. The van der Waals surface area contributed by atoms with Crippen LogP contribution >= 0.6 is 0 Å². The van der Waals surface area contributed by atoms with Crippen LogP contribution < -0.4 is 0 Å². The molecule has 0 unspecified atom stereocenters. The van der Waals surface area contributed by atoms with E-state index in [1.54, 1.807) is 13.8 Å². The molecule has 0 atom stereocenters. The molecule has 0 radical (unpaired) electrons. The van der Waals surface area contributed by atoms with Crippen LogP contribution in [0.25, 0.3) is 0 Å². The zero-order valence-electron chi connectivity index (χ0n) is 14.0. The van der Waals surface area contributed by atoms with E-state index in [-0.39, 0.29) is 19.8 Å². The molecule has 0 aliphatic carbocycles. The average molecular weight is 352 g/mol. The summed E-state index contributed by atoms with van der Waals surface area (Å²) in [7, 11) is 0. The van der Waals surface area contributed by atoms with Crippen LogP contribution in [0.5, 0.6) is 0 Å². The van der Waals surface area contributed by atoms with Crippen LogP contribution in [0.3, 0.4) is 0 Å². The molecule has 0 fully saturated rings. The summed E-state index contributed by atoms with van der Waals surface area (Å²) in [5, 5.41) is 0. The number of ether oxygens (including phenoxy) is 3. The minimum atomic E-state index is -1.19. The Morgan fingerprint density at radius 2 is 1.84 bits per heavy atom. The lowest BCUT2D eigenvalue weighted by Crippen LogP contribution is -2.20. The Bertz CT molecular complexity index is 580. The van der Waals surface area contributed by atoms with Gasteiger partial charge in [-0.15, -0.1) is 0 Å². The third-order valence-electron chi connectivity index (χ3n) is 2.80. The zero-order chi connectivity index (χ0) is 18.5. The number of esters is 1. The highest BCUT2D eigenvalue weighted by molar-refractivity contribution is 5.89. The summed E-state index contributed by atoms with van der Waals surface area (Å²) in [4.78, 5) is 42.6. The Labute approximate surface area is 145 Å². The Hall–Kier alpha value is -2.71. The van der Waals surface area contributed by atoms with Crippen molar-refractivity contribution in [2.24, 2.45) is 0 Å². The van der Waals surface area contributed by atoms with Gasteiger partial charge in [0.2, 0.25) is 0 Å². The van der Waals surface area contributed by atoms with E-state index in [2.05, 4.69) is 9.47 Å². The maximum atomic E-state index is 11.4. The van der Waals surface area contributed by atoms with Crippen molar-refractivity contribution in [3.05, 3.63) is 48.2 Å². The van der Waals surface area contributed by atoms with E-state index in [4.69, 9.17) is 14.5 Å². The molecule has 1 rings (SSSR count). The Morgan fingerprint density at radius 1 is 1.12 bits per heavy atom. The Morgan fingerprint density at radius 3 is 2.52 bits per heavy atom. The molecule has 0 aromatic heterocycles. The molecule has 0 aliphatic heterocycles. The fourth-order valence-corrected chi connectivity index (χ4v) is 1.58. The van der Waals surface area contributed by atoms with Gasteiger partial charge < -0.3 is 23.9 Å². The van der Waals surface area contributed by atoms with Gasteiger partial charge in [0.15, 0.2) is 0 Å². The van der Waals surface area contributed by atoms with Gasteiger partial charge in [0.25, 0.3) is 0 Å². The fourth-order valence-electron chi connectivity index (χ4n) is 1.58. The van der Waals surface area contributed by atoms with Crippen LogP contribution in [0.2, 0.25) is 0 Å². The number of carbonyl (C=O) groups excluding carboxylic acids is 3. The fraction of sp³-hybridized carbons (Fsp3) is 0.353. The van der Waals surface area contributed by atoms with Crippen LogP contribution in [0.15, 0.2) is 42.7 Å². The van der Waals surface area contributed by atoms with E-state index in [0.717, 1.165) is 17.9 Å². The smallest absolute Gasteiger partial charge is 0.431 e. The minimum absolute atomic E-state index is 0.0173. The molecule has 0 bridgehead atoms. The number of aldehydes is 1. The van der Waals surface area contributed by atoms with E-state index in [0.29, 0.717) is 6.29 Å². The highest BCUT2D eigenvalue weighted by Crippen LogP contribution is 2.24. The lowest BCUT2D eigenvalue weighted by molar-refractivity contribution is -0.321. The summed E-state index contributed by atoms with van der Waals surface area (Å²) >= 11 is 0. The Balaban J connectivity index is 2.26. The minimum Gasteiger partial charge on any atom is -0.431 e. The molecule has 1 aromatic rings. The number of carbonyl (C=O) groups is 3. The van der Waals surface area contributed by atoms with Crippen molar-refractivity contribution in [2.45, 2.75) is 19.4 Å². The van der Waals surface area contributed by atoms with E-state index < -0.39 is 17.7 Å². The second-order valence-electron chi connectivity index (χ2n) is 5.12. The summed E-state index contributed by atoms with van der Waals surface area (Å²) in [6.07, 6.45) is 1.20. The average Bonchev–Trinajstić information content (AvgIpc) is 2.59. The summed E-state index contributed by atoms with van der Waals surface area (Å²) in [6, 6.07) is 9.35. The lowest BCUT2D eigenvalue weighted by atomic mass is 9.99. The number of hydrogen-bond acceptors (Lipinski definition) is 8. The molecule has 0 spiro atoms. The summed E-state index contributed by atoms with van der Waals surface area (Å²) < 4.78 is 13.6. The molecule has 25 heavy (non-hydrogen) atoms. The first-order valence-corrected chi connectivity index (χ1v) is 7.42. The lowest BCUT2D eigenvalue weighted by Gasteiger charge is -2.22. The van der Waals surface area contributed by atoms with Crippen molar-refractivity contribution >= 4 is 18.4 Å². The highest BCUT2D eigenvalue weighted by Gasteiger charge is 2.22. The van der Waals surface area contributed by atoms with Gasteiger partial charge in [0.1, 0.15) is 31.4 Å². The van der Waals surface area contributed by atoms with E-state index >= 15 is 0 Å². The van der Waals surface area contributed by atoms with Crippen molar-refractivity contribution in [2.75, 3.05) is 19.8 Å². The standard InChI is InChI=1S/C17H20O8/c1-17(2,14-6-4-3-5-7-14)25-23-10-8-15(19)24-16(20)22-13-12-21-11-9-18/h3-10H,11-13H2,1-2H3. The summed E-state index contributed by atoms with van der Waals surface area (Å²) in [6.45, 7) is 3.35. The van der Waals surface area contributed by atoms with E-state index in [1.165, 1.54) is 0 Å². The van der Waals surface area contributed by atoms with Crippen LogP contribution in [0.1, 0.15) is 19.4 Å². The first-order chi connectivity index (χ1) is 12.0. The zero-order valence-corrected chi connectivity index (χ0v) is 14.0. The SMILES string of the molecule is CC(C)(OOC=CC(=O)OC(=O)OCCOCC=O)c1ccccc1. The van der Waals surface area contributed by atoms with E-state index in [9.17, 15) is 14.4 Å². The maximum Gasteiger partial charge on any atom is 0.516 e. The van der Waals surface area contributed by atoms with Crippen LogP contribution in [0, 0.1) is 0 Å². The third kappa shape index (κ3) is 8.63. The quantitative estimate of drug-likeness (QED) is 0.0924. The van der Waals surface area contributed by atoms with Gasteiger partial charge in [-0.2, -0.15) is 4.89 Å². The van der Waals surface area contributed by atoms with Gasteiger partial charge in [0.05, 0.1) is 12.7 Å². The van der Waals surface area contributed by atoms with Crippen molar-refractivity contribution in [1.29, 1.82) is 0 Å². The predicted molar refractivity (Wildman–Crippen MR) is 85.1 cm³/mol. The number of hydrogen-bond donors (Lipinski definition) is 0. The topological polar surface area (TPSA) is 97.4 Å². The first kappa shape index (κ1) is 20.3. The molecule has 0 amide bonds. The second kappa shape index (κ2) is 11.0. The first-order valence-electron chi connectivity index (χ1n) is 7.42. The number of rotatable bonds is 10. The number of benzene rings is 1. The van der Waals surface area contributed by atoms with E-state index in [1.807, 2.05) is 30.3 Å². The van der Waals surface area contributed by atoms with Gasteiger partial charge in [-0.3, -0.25) is 0 Å². The monoisotopic (exact) mass is 352 g/mol. The molecule has 0 aliphatic rings. The second-order valence-corrected chi connectivity index (χ2v) is 5.12. The molecular formula is C17H20O8. The third-order valence-corrected chi connectivity index (χ3v) is 2.80. The summed E-state index contributed by atoms with van der Waals surface area (Å²) in [5.74, 6) is -0.986. The molecule has 0 N–H and O–H groups in total. The van der Waals surface area contributed by atoms with Crippen molar-refractivity contribution in [3.63, 3.8) is 0 Å². The largest absolute Gasteiger partial charge is 0.516 e. The van der Waals surface area contributed by atoms with Gasteiger partial charge in [-0.25, -0.2) is 9.59 Å². The van der Waals surface area contributed by atoms with Gasteiger partial charge in [-0.05, 0) is 19.4 Å². The normalized spacial score (nSPS) is 11.1. The molecule has 0 saturated carbocycles. The van der Waals surface area contributed by atoms with Crippen LogP contribution in [-0.2, 0) is 39.2 Å². The highest BCUT2D eigenvalue weighted by atomic mass is 17.2. The van der Waals surface area contributed by atoms with Crippen LogP contribution in [-0.4, -0.2) is 38.2 Å². The molecule has 1 aromatic carbocycles. The van der Waals surface area contributed by atoms with Gasteiger partial charge in [0, 0.05) is 0 Å². The van der Waals surface area contributed by atoms with Crippen molar-refractivity contribution in [3.8, 4) is 0 Å². The maximum absolute atomic E-state index is 11.4. The molecule has 8 heteroatoms. The van der Waals surface area contributed by atoms with Gasteiger partial charge >= 0.3 is 12.1 Å². The summed E-state index contributed by atoms with van der Waals surface area (Å²) in [5.41, 5.74) is 0.141. The van der Waals surface area contributed by atoms with Crippen LogP contribution in [0.4, 0.5) is 4.79 Å². The Kier molecular flexibility index (Phi) is 8.91. The van der Waals surface area contributed by atoms with Crippen molar-refractivity contribution in [1.82, 2.24) is 0 Å². The molecule has 8 nitrogen and oxygen atoms in total. The molecule has 0 saturated heterocycles. The van der Waals surface area contributed by atoms with Gasteiger partial charge in [-0.1, -0.05) is 30.3 Å². The predicted octanol–water partition coefficient (Wildman–Crippen LogP) is 2.28. The molecule has 136 valence electrons. The van der Waals surface area contributed by atoms with Crippen molar-refractivity contribution < 1.29 is 38.4 Å².